The summed E-state index contributed by atoms with van der Waals surface area (Å²) in [6, 6.07) is 0. The van der Waals surface area contributed by atoms with E-state index in [4.69, 9.17) is 0 Å². The van der Waals surface area contributed by atoms with Crippen LogP contribution < -0.4 is 0 Å². The number of hydrogen-bond donors (Lipinski definition) is 5. The Labute approximate surface area is 170 Å². The molecule has 0 aliphatic rings. The van der Waals surface area contributed by atoms with Gasteiger partial charge in [0.1, 0.15) is 0 Å². The molecular weight excluding hydrogens is 406 g/mol. The second kappa shape index (κ2) is 15.3. The Kier molecular flexibility index (Phi) is 15.5. The van der Waals surface area contributed by atoms with Gasteiger partial charge < -0.3 is 19.6 Å². The topological polar surface area (TPSA) is 115 Å². The molecule has 1 atom stereocenters. The maximum Gasteiger partial charge on any atom is 0.341 e. The molecule has 0 radical (unpaired) electrons. The van der Waals surface area contributed by atoms with Gasteiger partial charge in [0.15, 0.2) is 5.40 Å². The summed E-state index contributed by atoms with van der Waals surface area (Å²) < 4.78 is 22.9. The largest absolute Gasteiger partial charge is 0.341 e. The molecule has 0 saturated heterocycles. The Morgan fingerprint density at radius 2 is 1.22 bits per heavy atom. The van der Waals surface area contributed by atoms with Crippen LogP contribution in [-0.2, 0) is 9.13 Å². The van der Waals surface area contributed by atoms with Crippen molar-refractivity contribution in [2.45, 2.75) is 89.4 Å². The highest BCUT2D eigenvalue weighted by atomic mass is 32.1. The minimum Gasteiger partial charge on any atom is -0.324 e. The first kappa shape index (κ1) is 27.4. The molecule has 9 heteroatoms. The van der Waals surface area contributed by atoms with Crippen LogP contribution in [-0.4, -0.2) is 30.7 Å². The van der Waals surface area contributed by atoms with Crippen LogP contribution in [0.15, 0.2) is 12.2 Å². The Balaban J connectivity index is 3.97. The molecule has 0 aliphatic carbocycles. The fraction of sp³-hybridized carbons (Fsp3) is 0.889. The third-order valence-electron chi connectivity index (χ3n) is 4.68. The number of rotatable bonds is 17. The molecule has 0 saturated carbocycles. The van der Waals surface area contributed by atoms with Crippen molar-refractivity contribution in [3.63, 3.8) is 0 Å². The van der Waals surface area contributed by atoms with Crippen LogP contribution in [0.5, 0.6) is 0 Å². The molecule has 0 heterocycles. The standard InChI is InChI=1S/C18H38O6P2S/c1-2-3-4-5-6-7-8-9-10-11-12-13-14-15-17(16-27)18(25(19,20)21)26(22,23)24/h9-10,17-18,27H,2-8,11-16H2,1H3,(H2,19,20,21)(H2,22,23,24). The van der Waals surface area contributed by atoms with Crippen molar-refractivity contribution < 1.29 is 28.7 Å². The molecule has 1 unspecified atom stereocenters. The zero-order valence-corrected chi connectivity index (χ0v) is 19.1. The van der Waals surface area contributed by atoms with E-state index >= 15 is 0 Å². The van der Waals surface area contributed by atoms with Gasteiger partial charge >= 0.3 is 15.2 Å². The van der Waals surface area contributed by atoms with Gasteiger partial charge in [-0.05, 0) is 43.8 Å². The van der Waals surface area contributed by atoms with Crippen LogP contribution in [0.4, 0.5) is 0 Å². The van der Waals surface area contributed by atoms with E-state index in [-0.39, 0.29) is 5.75 Å². The third kappa shape index (κ3) is 14.1. The maximum absolute atomic E-state index is 11.5. The Hall–Kier alpha value is 0.390. The van der Waals surface area contributed by atoms with Crippen molar-refractivity contribution >= 4 is 27.8 Å². The van der Waals surface area contributed by atoms with E-state index in [1.54, 1.807) is 0 Å². The van der Waals surface area contributed by atoms with Gasteiger partial charge in [-0.1, -0.05) is 64.0 Å². The fourth-order valence-corrected chi connectivity index (χ4v) is 7.10. The molecule has 4 N–H and O–H groups in total. The van der Waals surface area contributed by atoms with Crippen molar-refractivity contribution in [3.8, 4) is 0 Å². The van der Waals surface area contributed by atoms with Crippen LogP contribution >= 0.6 is 27.8 Å². The van der Waals surface area contributed by atoms with Crippen LogP contribution in [0.2, 0.25) is 0 Å². The molecule has 0 rings (SSSR count). The highest BCUT2D eigenvalue weighted by Gasteiger charge is 2.47. The average Bonchev–Trinajstić information content (AvgIpc) is 2.55. The molecule has 0 spiro atoms. The molecule has 0 aromatic carbocycles. The van der Waals surface area contributed by atoms with Crippen molar-refractivity contribution in [2.75, 3.05) is 5.75 Å². The number of thiol groups is 1. The van der Waals surface area contributed by atoms with Gasteiger partial charge in [-0.25, -0.2) is 0 Å². The molecule has 0 aromatic rings. The van der Waals surface area contributed by atoms with Gasteiger partial charge in [0.05, 0.1) is 0 Å². The van der Waals surface area contributed by atoms with Crippen molar-refractivity contribution in [3.05, 3.63) is 12.2 Å². The first-order valence-electron chi connectivity index (χ1n) is 10.0. The summed E-state index contributed by atoms with van der Waals surface area (Å²) in [7, 11) is -9.76. The van der Waals surface area contributed by atoms with E-state index in [0.29, 0.717) is 12.8 Å². The zero-order valence-electron chi connectivity index (χ0n) is 16.4. The second-order valence-electron chi connectivity index (χ2n) is 7.20. The maximum atomic E-state index is 11.5. The van der Waals surface area contributed by atoms with E-state index in [9.17, 15) is 28.7 Å². The highest BCUT2D eigenvalue weighted by molar-refractivity contribution is 7.80. The summed E-state index contributed by atoms with van der Waals surface area (Å²) in [6.45, 7) is 2.22. The van der Waals surface area contributed by atoms with Gasteiger partial charge in [-0.2, -0.15) is 12.6 Å². The summed E-state index contributed by atoms with van der Waals surface area (Å²) >= 11 is 4.04. The van der Waals surface area contributed by atoms with E-state index in [0.717, 1.165) is 25.7 Å². The minimum atomic E-state index is -4.88. The van der Waals surface area contributed by atoms with Crippen molar-refractivity contribution in [2.24, 2.45) is 5.92 Å². The van der Waals surface area contributed by atoms with Gasteiger partial charge in [-0.15, -0.1) is 0 Å². The fourth-order valence-electron chi connectivity index (χ4n) is 3.20. The van der Waals surface area contributed by atoms with E-state index in [1.807, 2.05) is 0 Å². The number of unbranched alkanes of at least 4 members (excludes halogenated alkanes) is 9. The quantitative estimate of drug-likeness (QED) is 0.0879. The Morgan fingerprint density at radius 3 is 1.67 bits per heavy atom. The predicted octanol–water partition coefficient (Wildman–Crippen LogP) is 5.47. The lowest BCUT2D eigenvalue weighted by atomic mass is 10.0. The van der Waals surface area contributed by atoms with Crippen LogP contribution in [0.1, 0.15) is 84.0 Å². The first-order chi connectivity index (χ1) is 12.6. The Morgan fingerprint density at radius 1 is 0.778 bits per heavy atom. The summed E-state index contributed by atoms with van der Waals surface area (Å²) in [5.74, 6) is -0.753. The number of allylic oxidation sites excluding steroid dienone is 2. The molecule has 6 nitrogen and oxygen atoms in total. The third-order valence-corrected chi connectivity index (χ3v) is 9.18. The molecule has 27 heavy (non-hydrogen) atoms. The molecule has 0 aromatic heterocycles. The SMILES string of the molecule is CCCCCCCCC=CCCCCCC(CS)C(P(=O)(O)O)P(=O)(O)O. The first-order valence-corrected chi connectivity index (χ1v) is 14.0. The monoisotopic (exact) mass is 444 g/mol. The second-order valence-corrected chi connectivity index (χ2v) is 11.4. The van der Waals surface area contributed by atoms with Gasteiger partial charge in [0.2, 0.25) is 0 Å². The molecule has 0 aliphatic heterocycles. The molecule has 0 fully saturated rings. The average molecular weight is 445 g/mol. The van der Waals surface area contributed by atoms with Gasteiger partial charge in [-0.3, -0.25) is 9.13 Å². The van der Waals surface area contributed by atoms with E-state index in [1.165, 1.54) is 38.5 Å². The molecule has 0 amide bonds. The molecule has 162 valence electrons. The lowest BCUT2D eigenvalue weighted by molar-refractivity contribution is 0.316. The summed E-state index contributed by atoms with van der Waals surface area (Å²) in [5, 5.41) is -1.94. The minimum absolute atomic E-state index is 0.0407. The van der Waals surface area contributed by atoms with Gasteiger partial charge in [0.25, 0.3) is 0 Å². The molecular formula is C18H38O6P2S. The Bertz CT molecular complexity index is 466. The predicted molar refractivity (Wildman–Crippen MR) is 115 cm³/mol. The smallest absolute Gasteiger partial charge is 0.324 e. The van der Waals surface area contributed by atoms with Crippen molar-refractivity contribution in [1.29, 1.82) is 0 Å². The summed E-state index contributed by atoms with van der Waals surface area (Å²) in [6.07, 6.45) is 17.1. The van der Waals surface area contributed by atoms with E-state index in [2.05, 4.69) is 31.7 Å². The van der Waals surface area contributed by atoms with E-state index < -0.39 is 26.5 Å². The summed E-state index contributed by atoms with van der Waals surface area (Å²) in [5.41, 5.74) is 0. The van der Waals surface area contributed by atoms with Crippen LogP contribution in [0.3, 0.4) is 0 Å². The normalized spacial score (nSPS) is 14.3. The number of hydrogen-bond acceptors (Lipinski definition) is 3. The lowest BCUT2D eigenvalue weighted by Crippen LogP contribution is -2.23. The van der Waals surface area contributed by atoms with Crippen molar-refractivity contribution in [1.82, 2.24) is 0 Å². The summed E-state index contributed by atoms with van der Waals surface area (Å²) in [4.78, 5) is 37.2. The highest BCUT2D eigenvalue weighted by Crippen LogP contribution is 2.63. The lowest BCUT2D eigenvalue weighted by Gasteiger charge is -2.27. The zero-order chi connectivity index (χ0) is 20.8. The van der Waals surface area contributed by atoms with Crippen LogP contribution in [0.25, 0.3) is 0 Å². The van der Waals surface area contributed by atoms with Crippen LogP contribution in [0, 0.1) is 5.92 Å². The molecule has 0 bridgehead atoms. The van der Waals surface area contributed by atoms with Gasteiger partial charge in [0, 0.05) is 0 Å².